The Morgan fingerprint density at radius 3 is 2.41 bits per heavy atom. The molecule has 0 fully saturated rings. The number of hydrogen-bond donors (Lipinski definition) is 0. The van der Waals surface area contributed by atoms with Gasteiger partial charge in [0.2, 0.25) is 0 Å². The third-order valence-electron chi connectivity index (χ3n) is 4.06. The van der Waals surface area contributed by atoms with E-state index in [2.05, 4.69) is 0 Å². The van der Waals surface area contributed by atoms with Crippen LogP contribution in [0.2, 0.25) is 0 Å². The molecule has 7 heteroatoms. The fraction of sp³-hybridized carbons (Fsp3) is 0.350. The molecule has 0 aliphatic carbocycles. The lowest BCUT2D eigenvalue weighted by molar-refractivity contribution is -0.139. The van der Waals surface area contributed by atoms with E-state index in [9.17, 15) is 22.4 Å². The monoisotopic (exact) mass is 384 g/mol. The second-order valence-corrected chi connectivity index (χ2v) is 5.96. The van der Waals surface area contributed by atoms with Crippen molar-refractivity contribution in [1.29, 1.82) is 0 Å². The van der Waals surface area contributed by atoms with Crippen LogP contribution in [0, 0.1) is 12.7 Å². The van der Waals surface area contributed by atoms with Gasteiger partial charge < -0.3 is 9.47 Å². The van der Waals surface area contributed by atoms with Crippen LogP contribution in [-0.4, -0.2) is 5.97 Å². The molecule has 0 amide bonds. The van der Waals surface area contributed by atoms with E-state index in [1.165, 1.54) is 6.92 Å². The average Bonchev–Trinajstić information content (AvgIpc) is 2.61. The third kappa shape index (κ3) is 4.99. The highest BCUT2D eigenvalue weighted by molar-refractivity contribution is 5.72. The molecule has 2 aromatic rings. The van der Waals surface area contributed by atoms with E-state index in [0.29, 0.717) is 18.1 Å². The quantitative estimate of drug-likeness (QED) is 0.369. The molecule has 0 bridgehead atoms. The van der Waals surface area contributed by atoms with Crippen LogP contribution in [0.15, 0.2) is 30.3 Å². The summed E-state index contributed by atoms with van der Waals surface area (Å²) in [5, 5.41) is 0. The van der Waals surface area contributed by atoms with Gasteiger partial charge in [0, 0.05) is 18.1 Å². The number of aryl methyl sites for hydroxylation is 2. The minimum atomic E-state index is -4.68. The van der Waals surface area contributed by atoms with Gasteiger partial charge in [-0.05, 0) is 36.6 Å². The molecule has 0 heterocycles. The van der Waals surface area contributed by atoms with E-state index < -0.39 is 29.3 Å². The van der Waals surface area contributed by atoms with Crippen LogP contribution < -0.4 is 9.47 Å². The molecular formula is C20H20F4O3. The maximum absolute atomic E-state index is 13.8. The van der Waals surface area contributed by atoms with Crippen LogP contribution in [0.5, 0.6) is 11.5 Å². The maximum atomic E-state index is 13.8. The van der Waals surface area contributed by atoms with Gasteiger partial charge in [0.15, 0.2) is 0 Å². The first-order valence-corrected chi connectivity index (χ1v) is 8.48. The molecule has 3 nitrogen and oxygen atoms in total. The zero-order chi connectivity index (χ0) is 20.2. The molecule has 0 spiro atoms. The van der Waals surface area contributed by atoms with Gasteiger partial charge in [-0.15, -0.1) is 0 Å². The minimum absolute atomic E-state index is 0.124. The van der Waals surface area contributed by atoms with Crippen molar-refractivity contribution < 1.29 is 31.8 Å². The highest BCUT2D eigenvalue weighted by Crippen LogP contribution is 2.38. The van der Waals surface area contributed by atoms with Gasteiger partial charge in [0.1, 0.15) is 23.9 Å². The predicted molar refractivity (Wildman–Crippen MR) is 92.2 cm³/mol. The minimum Gasteiger partial charge on any atom is -0.488 e. The van der Waals surface area contributed by atoms with E-state index in [1.807, 2.05) is 6.92 Å². The summed E-state index contributed by atoms with van der Waals surface area (Å²) in [4.78, 5) is 11.6. The summed E-state index contributed by atoms with van der Waals surface area (Å²) in [6.45, 7) is 4.45. The number of benzene rings is 2. The summed E-state index contributed by atoms with van der Waals surface area (Å²) in [7, 11) is 0. The zero-order valence-electron chi connectivity index (χ0n) is 15.2. The van der Waals surface area contributed by atoms with Crippen molar-refractivity contribution in [3.05, 3.63) is 58.4 Å². The van der Waals surface area contributed by atoms with Gasteiger partial charge in [0.05, 0.1) is 5.56 Å². The van der Waals surface area contributed by atoms with Crippen LogP contribution in [0.1, 0.15) is 42.5 Å². The second kappa shape index (κ2) is 8.41. The zero-order valence-corrected chi connectivity index (χ0v) is 15.2. The Labute approximate surface area is 154 Å². The van der Waals surface area contributed by atoms with Gasteiger partial charge in [-0.2, -0.15) is 13.2 Å². The van der Waals surface area contributed by atoms with E-state index in [1.54, 1.807) is 25.1 Å². The Hall–Kier alpha value is -2.57. The molecule has 0 N–H and O–H groups in total. The lowest BCUT2D eigenvalue weighted by Gasteiger charge is -2.18. The van der Waals surface area contributed by atoms with Crippen LogP contribution in [0.25, 0.3) is 0 Å². The summed E-state index contributed by atoms with van der Waals surface area (Å²) in [6.07, 6.45) is -3.97. The fourth-order valence-corrected chi connectivity index (χ4v) is 2.55. The number of carbonyl (C=O) groups excluding carboxylic acids is 1. The maximum Gasteiger partial charge on any atom is 0.419 e. The molecule has 0 aliphatic rings. The highest BCUT2D eigenvalue weighted by Gasteiger charge is 2.35. The van der Waals surface area contributed by atoms with Crippen LogP contribution in [0.4, 0.5) is 17.6 Å². The summed E-state index contributed by atoms with van der Waals surface area (Å²) in [6, 6.07) is 6.44. The predicted octanol–water partition coefficient (Wildman–Crippen LogP) is 5.61. The Kier molecular flexibility index (Phi) is 6.46. The first-order chi connectivity index (χ1) is 12.7. The molecule has 0 aromatic heterocycles. The number of halogens is 4. The van der Waals surface area contributed by atoms with Gasteiger partial charge in [0.25, 0.3) is 0 Å². The third-order valence-corrected chi connectivity index (χ3v) is 4.06. The van der Waals surface area contributed by atoms with Crippen LogP contribution >= 0.6 is 0 Å². The molecular weight excluding hydrogens is 364 g/mol. The van der Waals surface area contributed by atoms with Crippen LogP contribution in [0.3, 0.4) is 0 Å². The fourth-order valence-electron chi connectivity index (χ4n) is 2.55. The smallest absolute Gasteiger partial charge is 0.419 e. The van der Waals surface area contributed by atoms with E-state index in [4.69, 9.17) is 9.47 Å². The van der Waals surface area contributed by atoms with Crippen molar-refractivity contribution >= 4 is 5.97 Å². The van der Waals surface area contributed by atoms with Crippen molar-refractivity contribution in [2.45, 2.75) is 46.4 Å². The number of rotatable bonds is 6. The van der Waals surface area contributed by atoms with Gasteiger partial charge in [-0.3, -0.25) is 4.79 Å². The summed E-state index contributed by atoms with van der Waals surface area (Å²) < 4.78 is 64.2. The Bertz CT molecular complexity index is 829. The number of carbonyl (C=O) groups is 1. The highest BCUT2D eigenvalue weighted by atomic mass is 19.4. The summed E-state index contributed by atoms with van der Waals surface area (Å²) >= 11 is 0. The van der Waals surface area contributed by atoms with E-state index >= 15 is 0 Å². The molecule has 0 unspecified atom stereocenters. The molecule has 0 saturated carbocycles. The lowest BCUT2D eigenvalue weighted by atomic mass is 10.0. The Balaban J connectivity index is 2.39. The normalized spacial score (nSPS) is 11.4. The number of hydrogen-bond acceptors (Lipinski definition) is 3. The number of ether oxygens (including phenoxy) is 2. The molecule has 146 valence electrons. The number of alkyl halides is 3. The SMILES string of the molecule is CCC(=O)Oc1cccc(CC)c1COc1cc(F)c(C)cc1C(F)(F)F. The van der Waals surface area contributed by atoms with Gasteiger partial charge in [-0.1, -0.05) is 26.0 Å². The van der Waals surface area contributed by atoms with Crippen molar-refractivity contribution in [2.75, 3.05) is 0 Å². The van der Waals surface area contributed by atoms with E-state index in [0.717, 1.165) is 11.6 Å². The Morgan fingerprint density at radius 2 is 1.81 bits per heavy atom. The molecule has 0 radical (unpaired) electrons. The van der Waals surface area contributed by atoms with Crippen LogP contribution in [-0.2, 0) is 24.0 Å². The van der Waals surface area contributed by atoms with Crippen molar-refractivity contribution in [2.24, 2.45) is 0 Å². The average molecular weight is 384 g/mol. The Morgan fingerprint density at radius 1 is 1.11 bits per heavy atom. The van der Waals surface area contributed by atoms with Gasteiger partial charge >= 0.3 is 12.1 Å². The summed E-state index contributed by atoms with van der Waals surface area (Å²) in [5.74, 6) is -1.65. The molecule has 2 rings (SSSR count). The van der Waals surface area contributed by atoms with Crippen molar-refractivity contribution in [3.63, 3.8) is 0 Å². The molecule has 27 heavy (non-hydrogen) atoms. The van der Waals surface area contributed by atoms with Crippen molar-refractivity contribution in [1.82, 2.24) is 0 Å². The lowest BCUT2D eigenvalue weighted by Crippen LogP contribution is -2.12. The standard InChI is InChI=1S/C20H20F4O3/c1-4-13-7-6-8-17(27-19(25)5-2)14(13)11-26-18-10-16(21)12(3)9-15(18)20(22,23)24/h6-10H,4-5,11H2,1-3H3. The molecule has 2 aromatic carbocycles. The van der Waals surface area contributed by atoms with E-state index in [-0.39, 0.29) is 24.3 Å². The summed E-state index contributed by atoms with van der Waals surface area (Å²) in [5.41, 5.74) is 0.0390. The largest absolute Gasteiger partial charge is 0.488 e. The van der Waals surface area contributed by atoms with Gasteiger partial charge in [-0.25, -0.2) is 4.39 Å². The first-order valence-electron chi connectivity index (χ1n) is 8.48. The second-order valence-electron chi connectivity index (χ2n) is 5.96. The topological polar surface area (TPSA) is 35.5 Å². The first kappa shape index (κ1) is 20.7. The molecule has 0 aliphatic heterocycles. The molecule has 0 saturated heterocycles. The number of esters is 1. The van der Waals surface area contributed by atoms with Crippen molar-refractivity contribution in [3.8, 4) is 11.5 Å². The molecule has 0 atom stereocenters.